The molecule has 1 aromatic carbocycles. The van der Waals surface area contributed by atoms with E-state index in [0.29, 0.717) is 24.1 Å². The molecule has 0 spiro atoms. The topological polar surface area (TPSA) is 89.8 Å². The molecule has 1 aliphatic rings. The fourth-order valence-corrected chi connectivity index (χ4v) is 2.34. The first-order valence-corrected chi connectivity index (χ1v) is 5.90. The largest absolute Gasteiger partial charge is 0.504 e. The number of hydrogen-bond acceptors (Lipinski definition) is 4. The second-order valence-electron chi connectivity index (χ2n) is 4.84. The molecule has 1 saturated heterocycles. The van der Waals surface area contributed by atoms with E-state index in [1.54, 1.807) is 13.0 Å². The third kappa shape index (κ3) is 2.01. The highest BCUT2D eigenvalue weighted by Gasteiger charge is 2.32. The van der Waals surface area contributed by atoms with E-state index in [4.69, 9.17) is 5.11 Å². The number of carboxylic acids is 1. The Kier molecular flexibility index (Phi) is 3.17. The number of aliphatic carboxylic acids is 1. The molecule has 5 heteroatoms. The summed E-state index contributed by atoms with van der Waals surface area (Å²) in [5.41, 5.74) is 2.09. The summed E-state index contributed by atoms with van der Waals surface area (Å²) in [6.07, 6.45) is 0.421. The molecule has 0 aromatic heterocycles. The van der Waals surface area contributed by atoms with Gasteiger partial charge in [0.15, 0.2) is 11.5 Å². The van der Waals surface area contributed by atoms with E-state index in [1.807, 2.05) is 6.92 Å². The molecule has 1 heterocycles. The number of aromatic hydroxyl groups is 2. The Labute approximate surface area is 105 Å². The Morgan fingerprint density at radius 1 is 1.33 bits per heavy atom. The minimum atomic E-state index is -0.836. The zero-order valence-corrected chi connectivity index (χ0v) is 10.4. The van der Waals surface area contributed by atoms with Gasteiger partial charge in [-0.3, -0.25) is 4.79 Å². The van der Waals surface area contributed by atoms with Crippen LogP contribution in [-0.2, 0) is 4.79 Å². The van der Waals surface area contributed by atoms with Gasteiger partial charge in [0.1, 0.15) is 0 Å². The van der Waals surface area contributed by atoms with Crippen LogP contribution >= 0.6 is 0 Å². The Balaban J connectivity index is 2.33. The third-order valence-electron chi connectivity index (χ3n) is 3.67. The van der Waals surface area contributed by atoms with Crippen LogP contribution in [0.4, 0.5) is 0 Å². The number of carbonyl (C=O) groups is 1. The molecule has 0 amide bonds. The predicted molar refractivity (Wildman–Crippen MR) is 65.7 cm³/mol. The number of carboxylic acid groups (broad SMARTS) is 1. The van der Waals surface area contributed by atoms with E-state index in [1.165, 1.54) is 0 Å². The zero-order chi connectivity index (χ0) is 13.4. The molecule has 1 aromatic rings. The Morgan fingerprint density at radius 2 is 2.00 bits per heavy atom. The maximum atomic E-state index is 10.9. The standard InChI is InChI=1S/C13H17NO4/c1-6-3-9(12(16)11(15)7(6)2)10-4-8(5-14-10)13(17)18/h3,8,10,14-16H,4-5H2,1-2H3,(H,17,18). The summed E-state index contributed by atoms with van der Waals surface area (Å²) in [7, 11) is 0. The first-order valence-electron chi connectivity index (χ1n) is 5.90. The molecule has 2 unspecified atom stereocenters. The van der Waals surface area contributed by atoms with Crippen LogP contribution in [0.2, 0.25) is 0 Å². The lowest BCUT2D eigenvalue weighted by atomic mass is 9.95. The average Bonchev–Trinajstić information content (AvgIpc) is 2.80. The number of rotatable bonds is 2. The highest BCUT2D eigenvalue weighted by Crippen LogP contribution is 2.40. The molecule has 0 aliphatic carbocycles. The average molecular weight is 251 g/mol. The number of phenols is 2. The fraction of sp³-hybridized carbons (Fsp3) is 0.462. The summed E-state index contributed by atoms with van der Waals surface area (Å²) in [5, 5.41) is 31.8. The van der Waals surface area contributed by atoms with Gasteiger partial charge in [-0.05, 0) is 31.4 Å². The van der Waals surface area contributed by atoms with Gasteiger partial charge in [0.25, 0.3) is 0 Å². The van der Waals surface area contributed by atoms with E-state index in [0.717, 1.165) is 5.56 Å². The fourth-order valence-electron chi connectivity index (χ4n) is 2.34. The summed E-state index contributed by atoms with van der Waals surface area (Å²) in [6.45, 7) is 3.96. The van der Waals surface area contributed by atoms with E-state index in [9.17, 15) is 15.0 Å². The Bertz CT molecular complexity index is 498. The van der Waals surface area contributed by atoms with Crippen LogP contribution in [0.1, 0.15) is 29.2 Å². The minimum absolute atomic E-state index is 0.120. The highest BCUT2D eigenvalue weighted by molar-refractivity contribution is 5.71. The SMILES string of the molecule is Cc1cc(C2CC(C(=O)O)CN2)c(O)c(O)c1C. The lowest BCUT2D eigenvalue weighted by Gasteiger charge is -2.16. The summed E-state index contributed by atoms with van der Waals surface area (Å²) in [6, 6.07) is 1.57. The molecule has 18 heavy (non-hydrogen) atoms. The van der Waals surface area contributed by atoms with Gasteiger partial charge < -0.3 is 20.6 Å². The van der Waals surface area contributed by atoms with Crippen molar-refractivity contribution < 1.29 is 20.1 Å². The van der Waals surface area contributed by atoms with Crippen LogP contribution in [0.25, 0.3) is 0 Å². The van der Waals surface area contributed by atoms with Gasteiger partial charge in [-0.1, -0.05) is 6.07 Å². The summed E-state index contributed by atoms with van der Waals surface area (Å²) in [5.74, 6) is -1.55. The molecule has 5 nitrogen and oxygen atoms in total. The van der Waals surface area contributed by atoms with Crippen LogP contribution < -0.4 is 5.32 Å². The van der Waals surface area contributed by atoms with Gasteiger partial charge in [0.2, 0.25) is 0 Å². The number of aryl methyl sites for hydroxylation is 1. The van der Waals surface area contributed by atoms with E-state index in [2.05, 4.69) is 5.32 Å². The number of benzene rings is 1. The normalized spacial score (nSPS) is 23.2. The van der Waals surface area contributed by atoms with Gasteiger partial charge in [-0.15, -0.1) is 0 Å². The van der Waals surface area contributed by atoms with Crippen molar-refractivity contribution in [2.75, 3.05) is 6.54 Å². The highest BCUT2D eigenvalue weighted by atomic mass is 16.4. The van der Waals surface area contributed by atoms with Crippen molar-refractivity contribution >= 4 is 5.97 Å². The molecule has 4 N–H and O–H groups in total. The van der Waals surface area contributed by atoms with Crippen LogP contribution in [0, 0.1) is 19.8 Å². The lowest BCUT2D eigenvalue weighted by Crippen LogP contribution is -2.17. The van der Waals surface area contributed by atoms with Crippen molar-refractivity contribution in [1.29, 1.82) is 0 Å². The zero-order valence-electron chi connectivity index (χ0n) is 10.4. The van der Waals surface area contributed by atoms with Crippen LogP contribution in [0.5, 0.6) is 11.5 Å². The van der Waals surface area contributed by atoms with Crippen molar-refractivity contribution in [3.05, 3.63) is 22.8 Å². The van der Waals surface area contributed by atoms with Crippen molar-refractivity contribution in [3.63, 3.8) is 0 Å². The smallest absolute Gasteiger partial charge is 0.307 e. The number of phenolic OH excluding ortho intramolecular Hbond substituents is 2. The molecule has 0 radical (unpaired) electrons. The monoisotopic (exact) mass is 251 g/mol. The van der Waals surface area contributed by atoms with Crippen LogP contribution in [0.3, 0.4) is 0 Å². The van der Waals surface area contributed by atoms with E-state index < -0.39 is 11.9 Å². The molecular formula is C13H17NO4. The predicted octanol–water partition coefficient (Wildman–Crippen LogP) is 1.45. The van der Waals surface area contributed by atoms with Gasteiger partial charge >= 0.3 is 5.97 Å². The first kappa shape index (κ1) is 12.7. The van der Waals surface area contributed by atoms with Gasteiger partial charge in [-0.25, -0.2) is 0 Å². The van der Waals surface area contributed by atoms with Crippen molar-refractivity contribution in [1.82, 2.24) is 5.32 Å². The molecule has 1 fully saturated rings. The van der Waals surface area contributed by atoms with E-state index in [-0.39, 0.29) is 17.5 Å². The van der Waals surface area contributed by atoms with E-state index >= 15 is 0 Å². The van der Waals surface area contributed by atoms with Gasteiger partial charge in [-0.2, -0.15) is 0 Å². The van der Waals surface area contributed by atoms with Crippen molar-refractivity contribution in [2.24, 2.45) is 5.92 Å². The first-order chi connectivity index (χ1) is 8.41. The lowest BCUT2D eigenvalue weighted by molar-refractivity contribution is -0.141. The Morgan fingerprint density at radius 3 is 2.56 bits per heavy atom. The number of hydrogen-bond donors (Lipinski definition) is 4. The molecule has 98 valence electrons. The second kappa shape index (κ2) is 4.49. The van der Waals surface area contributed by atoms with Crippen LogP contribution in [0.15, 0.2) is 6.07 Å². The summed E-state index contributed by atoms with van der Waals surface area (Å²) < 4.78 is 0. The molecular weight excluding hydrogens is 234 g/mol. The van der Waals surface area contributed by atoms with Gasteiger partial charge in [0.05, 0.1) is 5.92 Å². The van der Waals surface area contributed by atoms with Gasteiger partial charge in [0, 0.05) is 18.2 Å². The molecule has 1 aliphatic heterocycles. The number of nitrogens with one attached hydrogen (secondary N) is 1. The summed E-state index contributed by atoms with van der Waals surface area (Å²) in [4.78, 5) is 10.9. The maximum Gasteiger partial charge on any atom is 0.307 e. The maximum absolute atomic E-state index is 10.9. The third-order valence-corrected chi connectivity index (χ3v) is 3.67. The Hall–Kier alpha value is -1.75. The molecule has 2 atom stereocenters. The van der Waals surface area contributed by atoms with Crippen LogP contribution in [-0.4, -0.2) is 27.8 Å². The second-order valence-corrected chi connectivity index (χ2v) is 4.84. The van der Waals surface area contributed by atoms with Crippen molar-refractivity contribution in [3.8, 4) is 11.5 Å². The minimum Gasteiger partial charge on any atom is -0.504 e. The summed E-state index contributed by atoms with van der Waals surface area (Å²) >= 11 is 0. The molecule has 0 saturated carbocycles. The molecule has 2 rings (SSSR count). The molecule has 0 bridgehead atoms. The quantitative estimate of drug-likeness (QED) is 0.597. The van der Waals surface area contributed by atoms with Crippen molar-refractivity contribution in [2.45, 2.75) is 26.3 Å².